The zero-order valence-electron chi connectivity index (χ0n) is 2.44. The zero-order chi connectivity index (χ0) is 2.71. The fraction of sp³-hybridized carbons (Fsp3) is 0. The van der Waals surface area contributed by atoms with Crippen LogP contribution in [0.1, 0.15) is 0 Å². The Morgan fingerprint density at radius 2 is 1.60 bits per heavy atom. The Labute approximate surface area is 54.8 Å². The Morgan fingerprint density at radius 3 is 1.60 bits per heavy atom. The van der Waals surface area contributed by atoms with Gasteiger partial charge in [-0.05, 0) is 0 Å². The molecule has 0 saturated heterocycles. The van der Waals surface area contributed by atoms with Crippen molar-refractivity contribution < 1.29 is 31.9 Å². The smallest absolute Gasteiger partial charge is 1.00 e. The van der Waals surface area contributed by atoms with Crippen molar-refractivity contribution in [2.45, 2.75) is 0 Å². The summed E-state index contributed by atoms with van der Waals surface area (Å²) in [5.41, 5.74) is 0. The van der Waals surface area contributed by atoms with Gasteiger partial charge in [0, 0.05) is 0 Å². The number of rotatable bonds is 0. The minimum atomic E-state index is 0. The minimum absolute atomic E-state index is 0. The molecule has 0 aliphatic carbocycles. The second kappa shape index (κ2) is 22.1. The van der Waals surface area contributed by atoms with Crippen LogP contribution in [0.2, 0.25) is 0 Å². The van der Waals surface area contributed by atoms with Gasteiger partial charge in [0.15, 0.2) is 0 Å². The van der Waals surface area contributed by atoms with E-state index in [2.05, 4.69) is 12.2 Å². The van der Waals surface area contributed by atoms with Gasteiger partial charge >= 0.3 is 19.5 Å². The van der Waals surface area contributed by atoms with E-state index in [-0.39, 0.29) is 31.9 Å². The molecule has 0 aromatic carbocycles. The maximum atomic E-state index is 7.13. The molecule has 0 bridgehead atoms. The van der Waals surface area contributed by atoms with Crippen molar-refractivity contribution in [2.75, 3.05) is 0 Å². The predicted molar refractivity (Wildman–Crippen MR) is 16.0 cm³/mol. The van der Waals surface area contributed by atoms with Crippen LogP contribution < -0.4 is 12.4 Å². The summed E-state index contributed by atoms with van der Waals surface area (Å²) in [5.74, 6) is 0. The van der Waals surface area contributed by atoms with Gasteiger partial charge in [0.2, 0.25) is 0 Å². The Morgan fingerprint density at radius 1 is 1.60 bits per heavy atom. The molecule has 0 heterocycles. The van der Waals surface area contributed by atoms with Crippen LogP contribution in [-0.2, 0) is 19.5 Å². The molecule has 0 N–H and O–H groups in total. The predicted octanol–water partition coefficient (Wildman–Crippen LogP) is -2.34. The van der Waals surface area contributed by atoms with Crippen molar-refractivity contribution in [2.24, 2.45) is 0 Å². The van der Waals surface area contributed by atoms with E-state index in [1.54, 1.807) is 0 Å². The van der Waals surface area contributed by atoms with E-state index >= 15 is 0 Å². The first kappa shape index (κ1) is 17.2. The summed E-state index contributed by atoms with van der Waals surface area (Å²) >= 11 is 3.70. The van der Waals surface area contributed by atoms with Crippen molar-refractivity contribution in [3.63, 3.8) is 0 Å². The van der Waals surface area contributed by atoms with Crippen LogP contribution >= 0.6 is 12.2 Å². The number of hydrogen-bond acceptors (Lipinski definition) is 1. The van der Waals surface area contributed by atoms with E-state index in [9.17, 15) is 0 Å². The summed E-state index contributed by atoms with van der Waals surface area (Å²) in [5, 5.41) is 8.47. The van der Waals surface area contributed by atoms with E-state index in [4.69, 9.17) is 5.41 Å². The standard InChI is InChI=1S/CNS.ClH.Zn/c2-1-3;;/h;1H;/q-1;;+2/p-1. The molecule has 0 fully saturated rings. The molecule has 0 atom stereocenters. The Hall–Kier alpha value is 0.713. The van der Waals surface area contributed by atoms with Crippen molar-refractivity contribution in [3.05, 3.63) is 5.41 Å². The third-order valence-electron chi connectivity index (χ3n) is 0. The molecule has 0 aromatic heterocycles. The van der Waals surface area contributed by atoms with E-state index in [1.165, 1.54) is 5.16 Å². The first-order chi connectivity index (χ1) is 1.41. The summed E-state index contributed by atoms with van der Waals surface area (Å²) in [6.07, 6.45) is 0. The van der Waals surface area contributed by atoms with Gasteiger partial charge in [-0.25, -0.2) is 0 Å². The SMILES string of the molecule is [Cl-].[N-]=C=S.[Zn+2]. The molecule has 0 aliphatic rings. The summed E-state index contributed by atoms with van der Waals surface area (Å²) < 4.78 is 0. The van der Waals surface area contributed by atoms with Crippen LogP contribution in [0.25, 0.3) is 5.41 Å². The third kappa shape index (κ3) is 68.2. The van der Waals surface area contributed by atoms with Crippen molar-refractivity contribution >= 4 is 17.4 Å². The summed E-state index contributed by atoms with van der Waals surface area (Å²) in [6, 6.07) is 0. The summed E-state index contributed by atoms with van der Waals surface area (Å²) in [4.78, 5) is 0. The van der Waals surface area contributed by atoms with Crippen LogP contribution in [0.3, 0.4) is 0 Å². The topological polar surface area (TPSA) is 22.3 Å². The summed E-state index contributed by atoms with van der Waals surface area (Å²) in [7, 11) is 0. The average molecular weight is 159 g/mol. The fourth-order valence-electron chi connectivity index (χ4n) is 0. The maximum Gasteiger partial charge on any atom is 2.00 e. The molecule has 0 spiro atoms. The molecule has 5 heavy (non-hydrogen) atoms. The van der Waals surface area contributed by atoms with Crippen LogP contribution in [0.5, 0.6) is 0 Å². The number of isothiocyanates is 1. The summed E-state index contributed by atoms with van der Waals surface area (Å²) in [6.45, 7) is 0. The van der Waals surface area contributed by atoms with E-state index in [0.29, 0.717) is 0 Å². The molecule has 0 saturated carbocycles. The Bertz CT molecular complexity index is 32.6. The number of nitrogens with zero attached hydrogens (tertiary/aromatic N) is 1. The molecular weight excluding hydrogens is 159 g/mol. The van der Waals surface area contributed by atoms with Crippen molar-refractivity contribution in [1.29, 1.82) is 0 Å². The Balaban J connectivity index is -0.0000000200. The van der Waals surface area contributed by atoms with Gasteiger partial charge in [0.1, 0.15) is 0 Å². The average Bonchev–Trinajstić information content (AvgIpc) is 0.918. The van der Waals surface area contributed by atoms with Gasteiger partial charge in [0.25, 0.3) is 0 Å². The van der Waals surface area contributed by atoms with Gasteiger partial charge in [-0.1, -0.05) is 12.2 Å². The van der Waals surface area contributed by atoms with Gasteiger partial charge in [-0.2, -0.15) is 5.16 Å². The molecule has 1 nitrogen and oxygen atoms in total. The van der Waals surface area contributed by atoms with E-state index < -0.39 is 0 Å². The van der Waals surface area contributed by atoms with Crippen LogP contribution in [0.15, 0.2) is 0 Å². The Kier molecular flexibility index (Phi) is 76.3. The van der Waals surface area contributed by atoms with Gasteiger partial charge in [-0.3, -0.25) is 0 Å². The van der Waals surface area contributed by atoms with Gasteiger partial charge in [-0.15, -0.1) is 0 Å². The first-order valence-corrected chi connectivity index (χ1v) is 0.836. The van der Waals surface area contributed by atoms with Crippen LogP contribution in [0.4, 0.5) is 0 Å². The largest absolute Gasteiger partial charge is 2.00 e. The third-order valence-corrected chi connectivity index (χ3v) is 0. The molecule has 0 rings (SSSR count). The minimum Gasteiger partial charge on any atom is -1.00 e. The quantitative estimate of drug-likeness (QED) is 0.220. The second-order valence-electron chi connectivity index (χ2n) is 0.0913. The number of hydrogen-bond donors (Lipinski definition) is 0. The molecule has 0 amide bonds. The second-order valence-corrected chi connectivity index (χ2v) is 0.274. The van der Waals surface area contributed by atoms with Gasteiger partial charge < -0.3 is 17.8 Å². The zero-order valence-corrected chi connectivity index (χ0v) is 6.98. The first-order valence-electron chi connectivity index (χ1n) is 0.428. The molecule has 0 unspecified atom stereocenters. The molecule has 0 aromatic rings. The monoisotopic (exact) mass is 157 g/mol. The molecular formula is CClNSZn. The maximum absolute atomic E-state index is 7.13. The van der Waals surface area contributed by atoms with Crippen LogP contribution in [-0.4, -0.2) is 5.16 Å². The van der Waals surface area contributed by atoms with E-state index in [0.717, 1.165) is 0 Å². The van der Waals surface area contributed by atoms with Crippen LogP contribution in [0, 0.1) is 0 Å². The molecule has 0 radical (unpaired) electrons. The van der Waals surface area contributed by atoms with Crippen molar-refractivity contribution in [3.8, 4) is 0 Å². The van der Waals surface area contributed by atoms with Crippen molar-refractivity contribution in [1.82, 2.24) is 0 Å². The molecule has 4 heteroatoms. The van der Waals surface area contributed by atoms with Gasteiger partial charge in [0.05, 0.1) is 0 Å². The fourth-order valence-corrected chi connectivity index (χ4v) is 0. The van der Waals surface area contributed by atoms with E-state index in [1.807, 2.05) is 0 Å². The molecule has 24 valence electrons. The number of thiocarbonyl (C=S) groups is 1. The normalized spacial score (nSPS) is 1.60. The number of halogens is 1. The molecule has 0 aliphatic heterocycles.